The molecule has 0 aromatic heterocycles. The molecule has 5 heteroatoms. The van der Waals surface area contributed by atoms with Crippen molar-refractivity contribution in [3.63, 3.8) is 0 Å². The van der Waals surface area contributed by atoms with Gasteiger partial charge in [0.1, 0.15) is 24.8 Å². The van der Waals surface area contributed by atoms with Crippen molar-refractivity contribution < 1.29 is 23.8 Å². The van der Waals surface area contributed by atoms with E-state index in [4.69, 9.17) is 14.6 Å². The number of halogens is 1. The summed E-state index contributed by atoms with van der Waals surface area (Å²) >= 11 is 0. The first kappa shape index (κ1) is 25.9. The van der Waals surface area contributed by atoms with E-state index >= 15 is 4.39 Å². The molecule has 188 valence electrons. The number of carbonyl (C=O) groups is 1. The Bertz CT molecular complexity index is 1410. The van der Waals surface area contributed by atoms with E-state index in [1.54, 1.807) is 25.1 Å². The fourth-order valence-electron chi connectivity index (χ4n) is 3.95. The van der Waals surface area contributed by atoms with E-state index in [-0.39, 0.29) is 25.6 Å². The van der Waals surface area contributed by atoms with E-state index in [1.165, 1.54) is 6.07 Å². The third kappa shape index (κ3) is 6.32. The molecule has 0 saturated carbocycles. The summed E-state index contributed by atoms with van der Waals surface area (Å²) in [5, 5.41) is 8.87. The third-order valence-electron chi connectivity index (χ3n) is 6.10. The number of benzene rings is 4. The molecule has 0 atom stereocenters. The number of carbonyl (C=O) groups excluding carboxylic acids is 1. The van der Waals surface area contributed by atoms with Gasteiger partial charge in [0.15, 0.2) is 0 Å². The lowest BCUT2D eigenvalue weighted by Crippen LogP contribution is -2.05. The van der Waals surface area contributed by atoms with E-state index < -0.39 is 5.97 Å². The van der Waals surface area contributed by atoms with Crippen molar-refractivity contribution in [2.45, 2.75) is 20.5 Å². The maximum absolute atomic E-state index is 15.1. The zero-order chi connectivity index (χ0) is 26.4. The summed E-state index contributed by atoms with van der Waals surface area (Å²) in [4.78, 5) is 11.8. The minimum absolute atomic E-state index is 0.0472. The van der Waals surface area contributed by atoms with Crippen molar-refractivity contribution in [3.05, 3.63) is 114 Å². The molecule has 0 fully saturated rings. The number of ether oxygens (including phenoxy) is 2. The van der Waals surface area contributed by atoms with Crippen LogP contribution >= 0.6 is 0 Å². The number of esters is 1. The van der Waals surface area contributed by atoms with Crippen LogP contribution in [0.1, 0.15) is 18.1 Å². The van der Waals surface area contributed by atoms with Gasteiger partial charge in [0, 0.05) is 11.1 Å². The van der Waals surface area contributed by atoms with Crippen LogP contribution in [0.15, 0.2) is 97.1 Å². The second kappa shape index (κ2) is 11.7. The van der Waals surface area contributed by atoms with Crippen molar-refractivity contribution in [1.82, 2.24) is 0 Å². The predicted molar refractivity (Wildman–Crippen MR) is 145 cm³/mol. The first-order valence-electron chi connectivity index (χ1n) is 12.0. The number of hydrogen-bond acceptors (Lipinski definition) is 4. The van der Waals surface area contributed by atoms with Gasteiger partial charge in [-0.25, -0.2) is 9.18 Å². The molecule has 0 radical (unpaired) electrons. The van der Waals surface area contributed by atoms with Crippen molar-refractivity contribution in [2.75, 3.05) is 13.2 Å². The molecular formula is C32H29FO4. The van der Waals surface area contributed by atoms with Gasteiger partial charge in [-0.3, -0.25) is 0 Å². The van der Waals surface area contributed by atoms with Crippen LogP contribution in [0.2, 0.25) is 0 Å². The summed E-state index contributed by atoms with van der Waals surface area (Å²) in [5.74, 6) is -0.0577. The highest BCUT2D eigenvalue weighted by atomic mass is 19.1. The lowest BCUT2D eigenvalue weighted by Gasteiger charge is -2.11. The number of rotatable bonds is 9. The normalized spacial score (nSPS) is 10.7. The fraction of sp³-hybridized carbons (Fsp3) is 0.156. The largest absolute Gasteiger partial charge is 0.491 e. The highest BCUT2D eigenvalue weighted by Crippen LogP contribution is 2.31. The Balaban J connectivity index is 1.51. The molecule has 0 spiro atoms. The molecule has 0 aliphatic heterocycles. The van der Waals surface area contributed by atoms with Gasteiger partial charge in [-0.05, 0) is 77.1 Å². The predicted octanol–water partition coefficient (Wildman–Crippen LogP) is 7.13. The second-order valence-electron chi connectivity index (χ2n) is 8.87. The lowest BCUT2D eigenvalue weighted by molar-refractivity contribution is -0.140. The van der Waals surface area contributed by atoms with Gasteiger partial charge in [-0.2, -0.15) is 0 Å². The molecule has 0 saturated heterocycles. The zero-order valence-electron chi connectivity index (χ0n) is 21.0. The monoisotopic (exact) mass is 496 g/mol. The molecule has 4 aromatic rings. The van der Waals surface area contributed by atoms with Crippen molar-refractivity contribution in [2.24, 2.45) is 0 Å². The summed E-state index contributed by atoms with van der Waals surface area (Å²) in [6.07, 6.45) is 0. The summed E-state index contributed by atoms with van der Waals surface area (Å²) in [5.41, 5.74) is 7.24. The van der Waals surface area contributed by atoms with E-state index in [0.29, 0.717) is 16.9 Å². The summed E-state index contributed by atoms with van der Waals surface area (Å²) < 4.78 is 25.8. The Hall–Kier alpha value is -4.22. The van der Waals surface area contributed by atoms with E-state index in [0.717, 1.165) is 38.9 Å². The van der Waals surface area contributed by atoms with Crippen LogP contribution in [0.5, 0.6) is 5.75 Å². The fourth-order valence-corrected chi connectivity index (χ4v) is 3.95. The summed E-state index contributed by atoms with van der Waals surface area (Å²) in [6.45, 7) is 7.58. The van der Waals surface area contributed by atoms with Gasteiger partial charge in [0.2, 0.25) is 0 Å². The molecule has 0 aliphatic rings. The van der Waals surface area contributed by atoms with E-state index in [2.05, 4.69) is 6.58 Å². The van der Waals surface area contributed by atoms with Crippen LogP contribution in [-0.2, 0) is 16.1 Å². The summed E-state index contributed by atoms with van der Waals surface area (Å²) in [7, 11) is 0. The van der Waals surface area contributed by atoms with Crippen LogP contribution in [0.4, 0.5) is 4.39 Å². The molecule has 0 aliphatic carbocycles. The Labute approximate surface area is 216 Å². The quantitative estimate of drug-likeness (QED) is 0.198. The number of hydrogen-bond donors (Lipinski definition) is 1. The highest BCUT2D eigenvalue weighted by Gasteiger charge is 2.10. The topological polar surface area (TPSA) is 55.8 Å². The lowest BCUT2D eigenvalue weighted by atomic mass is 9.96. The Kier molecular flexibility index (Phi) is 8.16. The van der Waals surface area contributed by atoms with Gasteiger partial charge >= 0.3 is 5.97 Å². The van der Waals surface area contributed by atoms with Crippen molar-refractivity contribution in [1.29, 1.82) is 0 Å². The Morgan fingerprint density at radius 2 is 1.41 bits per heavy atom. The molecule has 4 nitrogen and oxygen atoms in total. The van der Waals surface area contributed by atoms with Gasteiger partial charge in [0.25, 0.3) is 0 Å². The molecular weight excluding hydrogens is 467 g/mol. The minimum Gasteiger partial charge on any atom is -0.491 e. The van der Waals surface area contributed by atoms with Crippen LogP contribution < -0.4 is 4.74 Å². The van der Waals surface area contributed by atoms with Crippen LogP contribution in [-0.4, -0.2) is 24.3 Å². The average Bonchev–Trinajstić information content (AvgIpc) is 2.91. The van der Waals surface area contributed by atoms with Crippen LogP contribution in [0.25, 0.3) is 33.4 Å². The standard InChI is InChI=1S/C32H29FO4/c1-21(2)32(35)37-20-28-18-26(5-4-22(28)3)23-6-8-25(9-7-23)30-15-12-27(19-31(30)33)24-10-13-29(14-11-24)36-17-16-34/h4-15,18-19,34H,1,16-17,20H2,2-3H3. The van der Waals surface area contributed by atoms with Gasteiger partial charge < -0.3 is 14.6 Å². The zero-order valence-corrected chi connectivity index (χ0v) is 21.0. The number of aliphatic hydroxyl groups excluding tert-OH is 1. The average molecular weight is 497 g/mol. The highest BCUT2D eigenvalue weighted by molar-refractivity contribution is 5.87. The number of aryl methyl sites for hydroxylation is 1. The van der Waals surface area contributed by atoms with Crippen molar-refractivity contribution in [3.8, 4) is 39.1 Å². The molecule has 37 heavy (non-hydrogen) atoms. The molecule has 0 bridgehead atoms. The van der Waals surface area contributed by atoms with Crippen LogP contribution in [0, 0.1) is 12.7 Å². The van der Waals surface area contributed by atoms with E-state index in [9.17, 15) is 4.79 Å². The van der Waals surface area contributed by atoms with E-state index in [1.807, 2.05) is 67.6 Å². The molecule has 0 heterocycles. The van der Waals surface area contributed by atoms with Gasteiger partial charge in [-0.1, -0.05) is 67.2 Å². The van der Waals surface area contributed by atoms with Crippen LogP contribution in [0.3, 0.4) is 0 Å². The molecule has 4 rings (SSSR count). The van der Waals surface area contributed by atoms with Gasteiger partial charge in [-0.15, -0.1) is 0 Å². The first-order valence-corrected chi connectivity index (χ1v) is 12.0. The summed E-state index contributed by atoms with van der Waals surface area (Å²) in [6, 6.07) is 26.3. The van der Waals surface area contributed by atoms with Gasteiger partial charge in [0.05, 0.1) is 6.61 Å². The molecule has 0 unspecified atom stereocenters. The van der Waals surface area contributed by atoms with Crippen molar-refractivity contribution >= 4 is 5.97 Å². The third-order valence-corrected chi connectivity index (χ3v) is 6.10. The Morgan fingerprint density at radius 3 is 2.03 bits per heavy atom. The maximum atomic E-state index is 15.1. The molecule has 0 amide bonds. The minimum atomic E-state index is -0.411. The second-order valence-corrected chi connectivity index (χ2v) is 8.87. The molecule has 1 N–H and O–H groups in total. The smallest absolute Gasteiger partial charge is 0.333 e. The molecule has 4 aromatic carbocycles. The SMILES string of the molecule is C=C(C)C(=O)OCc1cc(-c2ccc(-c3ccc(-c4ccc(OCCO)cc4)cc3F)cc2)ccc1C. The first-order chi connectivity index (χ1) is 17.9. The maximum Gasteiger partial charge on any atom is 0.333 e. The number of aliphatic hydroxyl groups is 1. The Morgan fingerprint density at radius 1 is 0.838 bits per heavy atom.